The Bertz CT molecular complexity index is 1850. The van der Waals surface area contributed by atoms with Crippen molar-refractivity contribution in [3.05, 3.63) is 88.4 Å². The highest BCUT2D eigenvalue weighted by atomic mass is 32.2. The fourth-order valence-corrected chi connectivity index (χ4v) is 6.71. The average Bonchev–Trinajstić information content (AvgIpc) is 3.45. The summed E-state index contributed by atoms with van der Waals surface area (Å²) in [5, 5.41) is 17.9. The van der Waals surface area contributed by atoms with E-state index in [0.717, 1.165) is 4.70 Å². The van der Waals surface area contributed by atoms with Gasteiger partial charge >= 0.3 is 6.09 Å². The third-order valence-electron chi connectivity index (χ3n) is 6.46. The van der Waals surface area contributed by atoms with Crippen LogP contribution in [0.1, 0.15) is 53.3 Å². The molecule has 0 saturated heterocycles. The second kappa shape index (κ2) is 14.6. The number of fused-ring (bicyclic) bond motifs is 1. The van der Waals surface area contributed by atoms with Crippen LogP contribution in [0.15, 0.2) is 76.8 Å². The van der Waals surface area contributed by atoms with Crippen molar-refractivity contribution in [1.82, 2.24) is 20.3 Å². The predicted molar refractivity (Wildman–Crippen MR) is 175 cm³/mol. The van der Waals surface area contributed by atoms with Gasteiger partial charge in [0, 0.05) is 24.2 Å². The van der Waals surface area contributed by atoms with E-state index in [-0.39, 0.29) is 35.8 Å². The molecule has 244 valence electrons. The summed E-state index contributed by atoms with van der Waals surface area (Å²) in [4.78, 5) is 29.2. The van der Waals surface area contributed by atoms with Crippen molar-refractivity contribution in [2.24, 2.45) is 10.9 Å². The van der Waals surface area contributed by atoms with E-state index in [9.17, 15) is 18.0 Å². The molecule has 0 bridgehead atoms. The molecule has 6 N–H and O–H groups in total. The first kappa shape index (κ1) is 34.1. The first-order chi connectivity index (χ1) is 21.8. The molecule has 15 heteroatoms. The van der Waals surface area contributed by atoms with Gasteiger partial charge in [0.2, 0.25) is 10.0 Å². The number of nitrogens with zero attached hydrogens (tertiary/aromatic N) is 2. The predicted octanol–water partition coefficient (Wildman–Crippen LogP) is 3.92. The number of sulfonamides is 1. The van der Waals surface area contributed by atoms with Crippen LogP contribution in [0.2, 0.25) is 0 Å². The molecule has 0 aliphatic rings. The molecule has 0 aliphatic heterocycles. The molecule has 0 saturated carbocycles. The van der Waals surface area contributed by atoms with Crippen molar-refractivity contribution in [2.75, 3.05) is 20.2 Å². The average molecular weight is 669 g/mol. The van der Waals surface area contributed by atoms with E-state index in [1.54, 1.807) is 64.3 Å². The molecule has 0 spiro atoms. The van der Waals surface area contributed by atoms with Gasteiger partial charge in [0.25, 0.3) is 5.91 Å². The van der Waals surface area contributed by atoms with Gasteiger partial charge in [-0.2, -0.15) is 0 Å². The van der Waals surface area contributed by atoms with Gasteiger partial charge in [-0.3, -0.25) is 4.79 Å². The van der Waals surface area contributed by atoms with Crippen LogP contribution < -0.4 is 25.8 Å². The normalized spacial score (nSPS) is 12.8. The van der Waals surface area contributed by atoms with Crippen molar-refractivity contribution in [2.45, 2.75) is 43.7 Å². The number of oxime groups is 1. The number of amides is 2. The minimum Gasteiger partial charge on any atom is -0.497 e. The van der Waals surface area contributed by atoms with Crippen LogP contribution in [0.25, 0.3) is 10.2 Å². The second-order valence-corrected chi connectivity index (χ2v) is 13.9. The number of carbonyl (C=O) groups is 2. The van der Waals surface area contributed by atoms with E-state index >= 15 is 0 Å². The Morgan fingerprint density at radius 3 is 2.46 bits per heavy atom. The van der Waals surface area contributed by atoms with Gasteiger partial charge < -0.3 is 31.0 Å². The molecule has 0 fully saturated rings. The SMILES string of the molecule is COc1ccc2nc(C(Cc3cccc(C(N)=NO)c3)NS(=O)(=O)c3cccc(C(=O)NCCNC(=O)OC(C)(C)C)c3)sc2c1. The fourth-order valence-electron chi connectivity index (χ4n) is 4.35. The largest absolute Gasteiger partial charge is 0.497 e. The summed E-state index contributed by atoms with van der Waals surface area (Å²) in [5.74, 6) is 0.0449. The van der Waals surface area contributed by atoms with Gasteiger partial charge in [-0.1, -0.05) is 29.4 Å². The number of hydrogen-bond donors (Lipinski definition) is 5. The number of methoxy groups -OCH3 is 1. The molecule has 4 aromatic rings. The van der Waals surface area contributed by atoms with Gasteiger partial charge in [-0.05, 0) is 75.2 Å². The monoisotopic (exact) mass is 668 g/mol. The Hall–Kier alpha value is -4.73. The minimum absolute atomic E-state index is 0.0817. The van der Waals surface area contributed by atoms with E-state index < -0.39 is 33.7 Å². The maximum atomic E-state index is 13.7. The molecule has 1 unspecified atom stereocenters. The van der Waals surface area contributed by atoms with Crippen LogP contribution in [-0.2, 0) is 21.2 Å². The van der Waals surface area contributed by atoms with Crippen molar-refractivity contribution in [3.63, 3.8) is 0 Å². The Balaban J connectivity index is 1.55. The smallest absolute Gasteiger partial charge is 0.407 e. The lowest BCUT2D eigenvalue weighted by Gasteiger charge is -2.19. The van der Waals surface area contributed by atoms with E-state index in [1.807, 2.05) is 6.07 Å². The molecule has 0 aliphatic carbocycles. The van der Waals surface area contributed by atoms with Gasteiger partial charge in [-0.25, -0.2) is 22.9 Å². The quantitative estimate of drug-likeness (QED) is 0.0489. The van der Waals surface area contributed by atoms with Crippen LogP contribution >= 0.6 is 11.3 Å². The van der Waals surface area contributed by atoms with Crippen LogP contribution in [0.5, 0.6) is 5.75 Å². The third-order valence-corrected chi connectivity index (χ3v) is 9.06. The molecule has 3 aromatic carbocycles. The highest BCUT2D eigenvalue weighted by molar-refractivity contribution is 7.89. The Morgan fingerprint density at radius 1 is 1.02 bits per heavy atom. The molecular weight excluding hydrogens is 633 g/mol. The number of thiazole rings is 1. The summed E-state index contributed by atoms with van der Waals surface area (Å²) in [6.45, 7) is 5.44. The number of hydrogen-bond acceptors (Lipinski definition) is 10. The zero-order chi connectivity index (χ0) is 33.5. The maximum Gasteiger partial charge on any atom is 0.407 e. The topological polar surface area (TPSA) is 194 Å². The van der Waals surface area contributed by atoms with Crippen molar-refractivity contribution < 1.29 is 32.7 Å². The van der Waals surface area contributed by atoms with Crippen molar-refractivity contribution in [1.29, 1.82) is 0 Å². The number of amidine groups is 1. The first-order valence-corrected chi connectivity index (χ1v) is 16.5. The lowest BCUT2D eigenvalue weighted by Crippen LogP contribution is -2.37. The van der Waals surface area contributed by atoms with E-state index in [2.05, 4.69) is 20.5 Å². The molecule has 1 heterocycles. The zero-order valence-corrected chi connectivity index (χ0v) is 27.4. The number of aromatic nitrogens is 1. The number of carbonyl (C=O) groups excluding carboxylic acids is 2. The van der Waals surface area contributed by atoms with Crippen LogP contribution in [0.3, 0.4) is 0 Å². The molecule has 1 aromatic heterocycles. The molecule has 13 nitrogen and oxygen atoms in total. The molecular formula is C31H36N6O7S2. The number of benzene rings is 3. The summed E-state index contributed by atoms with van der Waals surface area (Å²) in [6.07, 6.45) is -0.424. The van der Waals surface area contributed by atoms with Gasteiger partial charge in [0.1, 0.15) is 16.4 Å². The molecule has 0 radical (unpaired) electrons. The third kappa shape index (κ3) is 9.15. The van der Waals surface area contributed by atoms with Crippen molar-refractivity contribution in [3.8, 4) is 5.75 Å². The highest BCUT2D eigenvalue weighted by Gasteiger charge is 2.26. The maximum absolute atomic E-state index is 13.7. The lowest BCUT2D eigenvalue weighted by molar-refractivity contribution is 0.0526. The molecule has 4 rings (SSSR count). The Kier molecular flexibility index (Phi) is 10.8. The zero-order valence-electron chi connectivity index (χ0n) is 25.7. The lowest BCUT2D eigenvalue weighted by atomic mass is 10.0. The number of nitrogens with two attached hydrogens (primary N) is 1. The summed E-state index contributed by atoms with van der Waals surface area (Å²) >= 11 is 1.32. The number of rotatable bonds is 12. The standard InChI is InChI=1S/C31H36N6O7S2/c1-31(2,3)44-30(39)34-14-13-33-28(38)21-9-6-10-23(17-21)46(41,42)37-25(16-19-7-5-8-20(15-19)27(32)36-40)29-35-24-12-11-22(43-4)18-26(24)45-29/h5-12,15,17-18,25,37,40H,13-14,16H2,1-4H3,(H2,32,36)(H,33,38)(H,34,39). The summed E-state index contributed by atoms with van der Waals surface area (Å²) < 4.78 is 41.6. The van der Waals surface area contributed by atoms with E-state index in [1.165, 1.54) is 35.6 Å². The second-order valence-electron chi connectivity index (χ2n) is 11.2. The summed E-state index contributed by atoms with van der Waals surface area (Å²) in [5.41, 5.74) is 7.10. The summed E-state index contributed by atoms with van der Waals surface area (Å²) in [6, 6.07) is 17.1. The minimum atomic E-state index is -4.17. The van der Waals surface area contributed by atoms with E-state index in [4.69, 9.17) is 25.4 Å². The van der Waals surface area contributed by atoms with Crippen LogP contribution in [0.4, 0.5) is 4.79 Å². The van der Waals surface area contributed by atoms with Crippen LogP contribution in [0, 0.1) is 0 Å². The van der Waals surface area contributed by atoms with Gasteiger partial charge in [-0.15, -0.1) is 11.3 Å². The molecule has 46 heavy (non-hydrogen) atoms. The van der Waals surface area contributed by atoms with E-state index in [0.29, 0.717) is 27.4 Å². The number of alkyl carbamates (subject to hydrolysis) is 1. The number of ether oxygens (including phenoxy) is 2. The molecule has 1 atom stereocenters. The fraction of sp³-hybridized carbons (Fsp3) is 0.290. The Labute approximate surface area is 270 Å². The van der Waals surface area contributed by atoms with Crippen molar-refractivity contribution >= 4 is 49.4 Å². The summed E-state index contributed by atoms with van der Waals surface area (Å²) in [7, 11) is -2.61. The first-order valence-electron chi connectivity index (χ1n) is 14.2. The Morgan fingerprint density at radius 2 is 1.74 bits per heavy atom. The molecule has 2 amide bonds. The van der Waals surface area contributed by atoms with Gasteiger partial charge in [0.15, 0.2) is 5.84 Å². The van der Waals surface area contributed by atoms with Gasteiger partial charge in [0.05, 0.1) is 28.3 Å². The number of nitrogens with one attached hydrogen (secondary N) is 3. The van der Waals surface area contributed by atoms with Crippen LogP contribution in [-0.4, -0.2) is 62.2 Å². The highest BCUT2D eigenvalue weighted by Crippen LogP contribution is 2.32.